The number of fused-ring (bicyclic) bond motifs is 1. The number of ether oxygens (including phenoxy) is 1. The van der Waals surface area contributed by atoms with Crippen LogP contribution in [0.3, 0.4) is 0 Å². The average Bonchev–Trinajstić information content (AvgIpc) is 2.61. The summed E-state index contributed by atoms with van der Waals surface area (Å²) in [5.74, 6) is 0.885. The summed E-state index contributed by atoms with van der Waals surface area (Å²) in [6.07, 6.45) is 0.881. The van der Waals surface area contributed by atoms with E-state index in [-0.39, 0.29) is 6.03 Å². The monoisotopic (exact) mass is 332 g/mol. The SMILES string of the molecule is COc1ccc2c(c1)CCN(C(=O)NC[C@@H]1CN(C)CCN1C)C2. The molecule has 6 nitrogen and oxygen atoms in total. The van der Waals surface area contributed by atoms with Crippen LogP contribution in [0.5, 0.6) is 5.75 Å². The standard InChI is InChI=1S/C18H28N4O2/c1-20-8-9-21(2)16(13-20)11-19-18(23)22-7-6-14-10-17(24-3)5-4-15(14)12-22/h4-5,10,16H,6-9,11-13H2,1-3H3,(H,19,23)/t16-/m1/s1. The van der Waals surface area contributed by atoms with Crippen molar-refractivity contribution in [2.75, 3.05) is 53.9 Å². The lowest BCUT2D eigenvalue weighted by Crippen LogP contribution is -2.55. The molecule has 0 radical (unpaired) electrons. The van der Waals surface area contributed by atoms with Crippen molar-refractivity contribution in [1.29, 1.82) is 0 Å². The largest absolute Gasteiger partial charge is 0.497 e. The Bertz CT molecular complexity index is 592. The van der Waals surface area contributed by atoms with E-state index in [0.717, 1.165) is 38.3 Å². The van der Waals surface area contributed by atoms with E-state index in [2.05, 4.69) is 41.3 Å². The number of methoxy groups -OCH3 is 1. The van der Waals surface area contributed by atoms with E-state index in [1.54, 1.807) is 7.11 Å². The van der Waals surface area contributed by atoms with Crippen molar-refractivity contribution in [3.05, 3.63) is 29.3 Å². The first-order valence-electron chi connectivity index (χ1n) is 8.64. The smallest absolute Gasteiger partial charge is 0.317 e. The molecule has 0 aliphatic carbocycles. The minimum atomic E-state index is 0.0399. The summed E-state index contributed by atoms with van der Waals surface area (Å²) in [6.45, 7) is 5.27. The van der Waals surface area contributed by atoms with Gasteiger partial charge in [-0.1, -0.05) is 6.07 Å². The molecule has 0 bridgehead atoms. The molecule has 2 heterocycles. The Morgan fingerprint density at radius 2 is 2.08 bits per heavy atom. The van der Waals surface area contributed by atoms with Gasteiger partial charge in [-0.2, -0.15) is 0 Å². The van der Waals surface area contributed by atoms with Crippen LogP contribution in [-0.2, 0) is 13.0 Å². The van der Waals surface area contributed by atoms with E-state index < -0.39 is 0 Å². The van der Waals surface area contributed by atoms with Crippen molar-refractivity contribution in [2.45, 2.75) is 19.0 Å². The second-order valence-electron chi connectivity index (χ2n) is 6.89. The van der Waals surface area contributed by atoms with E-state index in [1.165, 1.54) is 11.1 Å². The minimum absolute atomic E-state index is 0.0399. The van der Waals surface area contributed by atoms with Crippen molar-refractivity contribution >= 4 is 6.03 Å². The molecule has 2 aliphatic heterocycles. The van der Waals surface area contributed by atoms with Gasteiger partial charge >= 0.3 is 6.03 Å². The predicted molar refractivity (Wildman–Crippen MR) is 94.4 cm³/mol. The number of likely N-dealkylation sites (N-methyl/N-ethyl adjacent to an activating group) is 2. The lowest BCUT2D eigenvalue weighted by molar-refractivity contribution is 0.112. The first-order chi connectivity index (χ1) is 11.6. The van der Waals surface area contributed by atoms with Gasteiger partial charge in [0.2, 0.25) is 0 Å². The molecule has 3 rings (SSSR count). The van der Waals surface area contributed by atoms with Crippen LogP contribution >= 0.6 is 0 Å². The molecule has 2 aliphatic rings. The maximum Gasteiger partial charge on any atom is 0.317 e. The quantitative estimate of drug-likeness (QED) is 0.897. The normalized spacial score (nSPS) is 22.1. The van der Waals surface area contributed by atoms with Crippen molar-refractivity contribution in [1.82, 2.24) is 20.0 Å². The number of rotatable bonds is 3. The van der Waals surface area contributed by atoms with Crippen LogP contribution < -0.4 is 10.1 Å². The second-order valence-corrected chi connectivity index (χ2v) is 6.89. The van der Waals surface area contributed by atoms with Crippen molar-refractivity contribution in [3.63, 3.8) is 0 Å². The van der Waals surface area contributed by atoms with Crippen LogP contribution in [0.25, 0.3) is 0 Å². The summed E-state index contributed by atoms with van der Waals surface area (Å²) in [5, 5.41) is 3.12. The number of carbonyl (C=O) groups is 1. The highest BCUT2D eigenvalue weighted by atomic mass is 16.5. The maximum atomic E-state index is 12.5. The van der Waals surface area contributed by atoms with E-state index in [1.807, 2.05) is 11.0 Å². The number of nitrogens with zero attached hydrogens (tertiary/aromatic N) is 3. The van der Waals surface area contributed by atoms with Gasteiger partial charge in [-0.3, -0.25) is 4.90 Å². The Hall–Kier alpha value is -1.79. The number of hydrogen-bond donors (Lipinski definition) is 1. The van der Waals surface area contributed by atoms with Crippen LogP contribution in [0.2, 0.25) is 0 Å². The molecule has 0 spiro atoms. The molecule has 0 unspecified atom stereocenters. The second kappa shape index (κ2) is 7.40. The van der Waals surface area contributed by atoms with Gasteiger partial charge < -0.3 is 19.9 Å². The molecule has 2 amide bonds. The summed E-state index contributed by atoms with van der Waals surface area (Å²) >= 11 is 0. The van der Waals surface area contributed by atoms with Crippen LogP contribution in [0, 0.1) is 0 Å². The highest BCUT2D eigenvalue weighted by Crippen LogP contribution is 2.23. The summed E-state index contributed by atoms with van der Waals surface area (Å²) in [4.78, 5) is 19.1. The van der Waals surface area contributed by atoms with E-state index in [4.69, 9.17) is 4.74 Å². The van der Waals surface area contributed by atoms with Crippen LogP contribution in [-0.4, -0.2) is 80.7 Å². The van der Waals surface area contributed by atoms with Gasteiger partial charge in [0.05, 0.1) is 7.11 Å². The fraction of sp³-hybridized carbons (Fsp3) is 0.611. The lowest BCUT2D eigenvalue weighted by Gasteiger charge is -2.38. The Kier molecular flexibility index (Phi) is 5.26. The number of amides is 2. The van der Waals surface area contributed by atoms with Crippen molar-refractivity contribution in [2.24, 2.45) is 0 Å². The molecular formula is C18H28N4O2. The van der Waals surface area contributed by atoms with Gasteiger partial charge in [-0.25, -0.2) is 4.79 Å². The summed E-state index contributed by atoms with van der Waals surface area (Å²) in [5.41, 5.74) is 2.50. The molecular weight excluding hydrogens is 304 g/mol. The molecule has 1 N–H and O–H groups in total. The zero-order chi connectivity index (χ0) is 17.1. The van der Waals surface area contributed by atoms with Crippen molar-refractivity contribution in [3.8, 4) is 5.75 Å². The highest BCUT2D eigenvalue weighted by molar-refractivity contribution is 5.74. The molecule has 24 heavy (non-hydrogen) atoms. The Morgan fingerprint density at radius 1 is 1.25 bits per heavy atom. The first-order valence-corrected chi connectivity index (χ1v) is 8.64. The lowest BCUT2D eigenvalue weighted by atomic mass is 10.00. The van der Waals surface area contributed by atoms with E-state index in [0.29, 0.717) is 19.1 Å². The Morgan fingerprint density at radius 3 is 2.88 bits per heavy atom. The van der Waals surface area contributed by atoms with Crippen molar-refractivity contribution < 1.29 is 9.53 Å². The first kappa shape index (κ1) is 17.0. The number of piperazine rings is 1. The average molecular weight is 332 g/mol. The van der Waals surface area contributed by atoms with Gasteiger partial charge in [0.1, 0.15) is 5.75 Å². The number of carbonyl (C=O) groups excluding carboxylic acids is 1. The fourth-order valence-electron chi connectivity index (χ4n) is 3.47. The van der Waals surface area contributed by atoms with Gasteiger partial charge in [0, 0.05) is 45.3 Å². The zero-order valence-electron chi connectivity index (χ0n) is 14.9. The zero-order valence-corrected chi connectivity index (χ0v) is 14.9. The molecule has 6 heteroatoms. The van der Waals surface area contributed by atoms with Gasteiger partial charge in [-0.15, -0.1) is 0 Å². The molecule has 132 valence electrons. The summed E-state index contributed by atoms with van der Waals surface area (Å²) in [7, 11) is 5.95. The number of urea groups is 1. The molecule has 1 aromatic carbocycles. The predicted octanol–water partition coefficient (Wildman–Crippen LogP) is 1.01. The molecule has 1 fully saturated rings. The van der Waals surface area contributed by atoms with E-state index >= 15 is 0 Å². The van der Waals surface area contributed by atoms with Gasteiger partial charge in [0.15, 0.2) is 0 Å². The number of benzene rings is 1. The van der Waals surface area contributed by atoms with Crippen LogP contribution in [0.4, 0.5) is 4.79 Å². The number of hydrogen-bond acceptors (Lipinski definition) is 4. The Labute approximate surface area is 144 Å². The topological polar surface area (TPSA) is 48.1 Å². The molecule has 1 saturated heterocycles. The van der Waals surface area contributed by atoms with Gasteiger partial charge in [-0.05, 0) is 43.8 Å². The van der Waals surface area contributed by atoms with Crippen LogP contribution in [0.15, 0.2) is 18.2 Å². The van der Waals surface area contributed by atoms with Gasteiger partial charge in [0.25, 0.3) is 0 Å². The third kappa shape index (κ3) is 3.82. The molecule has 1 aromatic rings. The summed E-state index contributed by atoms with van der Waals surface area (Å²) < 4.78 is 5.28. The molecule has 1 atom stereocenters. The van der Waals surface area contributed by atoms with Crippen LogP contribution in [0.1, 0.15) is 11.1 Å². The number of nitrogens with one attached hydrogen (secondary N) is 1. The highest BCUT2D eigenvalue weighted by Gasteiger charge is 2.25. The molecule has 0 saturated carbocycles. The molecule has 0 aromatic heterocycles. The maximum absolute atomic E-state index is 12.5. The third-order valence-electron chi connectivity index (χ3n) is 5.18. The summed E-state index contributed by atoms with van der Waals surface area (Å²) in [6, 6.07) is 6.54. The third-order valence-corrected chi connectivity index (χ3v) is 5.18. The fourth-order valence-corrected chi connectivity index (χ4v) is 3.47. The minimum Gasteiger partial charge on any atom is -0.497 e. The van der Waals surface area contributed by atoms with E-state index in [9.17, 15) is 4.79 Å². The Balaban J connectivity index is 1.54.